The van der Waals surface area contributed by atoms with E-state index in [9.17, 15) is 0 Å². The summed E-state index contributed by atoms with van der Waals surface area (Å²) in [6.07, 6.45) is 7.68. The van der Waals surface area contributed by atoms with Crippen LogP contribution in [0, 0.1) is 12.3 Å². The Labute approximate surface area is 79.5 Å². The summed E-state index contributed by atoms with van der Waals surface area (Å²) in [4.78, 5) is 10.9. The van der Waals surface area contributed by atoms with Gasteiger partial charge in [-0.2, -0.15) is 0 Å². The Bertz CT molecular complexity index is 1000. The quantitative estimate of drug-likeness (QED) is 0.475. The first-order valence-electron chi connectivity index (χ1n) is 6.74. The fourth-order valence-corrected chi connectivity index (χ4v) is 95.1. The van der Waals surface area contributed by atoms with Gasteiger partial charge in [-0.25, -0.2) is 0 Å². The molecule has 8 unspecified atom stereocenters. The molecule has 0 aromatic carbocycles. The third-order valence-corrected chi connectivity index (χ3v) is 59.3. The van der Waals surface area contributed by atoms with Crippen molar-refractivity contribution >= 4 is 0 Å². The molecule has 0 saturated carbocycles. The Hall–Kier alpha value is 0.0795. The van der Waals surface area contributed by atoms with Crippen LogP contribution in [0.2, 0.25) is 47.2 Å². The van der Waals surface area contributed by atoms with Crippen molar-refractivity contribution in [2.75, 3.05) is 0 Å². The second kappa shape index (κ2) is 0.349. The first-order chi connectivity index (χ1) is 7.05. The van der Waals surface area contributed by atoms with E-state index in [4.69, 9.17) is 6.42 Å². The van der Waals surface area contributed by atoms with Crippen LogP contribution in [-0.4, -0.2) is 0 Å². The van der Waals surface area contributed by atoms with Crippen LogP contribution in [0.4, 0.5) is 0 Å². The van der Waals surface area contributed by atoms with E-state index in [1.807, 2.05) is 0 Å². The van der Waals surface area contributed by atoms with Crippen molar-refractivity contribution in [1.29, 1.82) is 0 Å². The average Bonchev–Trinajstić information content (AvgIpc) is 3.22. The Balaban J connectivity index is 1.93. The molecule has 1 heteroatoms. The zero-order chi connectivity index (χ0) is 9.35. The molecule has 0 nitrogen and oxygen atoms in total. The summed E-state index contributed by atoms with van der Waals surface area (Å²) >= 11 is 0. The van der Waals surface area contributed by atoms with E-state index in [1.54, 1.807) is 6.42 Å². The van der Waals surface area contributed by atoms with Crippen LogP contribution in [0.5, 0.6) is 0 Å². The summed E-state index contributed by atoms with van der Waals surface area (Å²) < 4.78 is 1.78. The van der Waals surface area contributed by atoms with Crippen LogP contribution < -0.4 is 0 Å². The predicted molar refractivity (Wildman–Crippen MR) is 54.5 cm³/mol. The molecule has 0 N–H and O–H groups in total. The average molecular weight is 238 g/mol. The molecule has 8 atom stereocenters. The molecule has 0 radical (unpaired) electrons. The molecular formula is C14H14Fe. The molecule has 1 spiro atoms. The fourth-order valence-electron chi connectivity index (χ4n) is 18.4. The molecule has 0 aromatic heterocycles. The molecule has 0 aromatic rings. The van der Waals surface area contributed by atoms with E-state index in [1.165, 1.54) is 38.5 Å². The number of fused-ring (bicyclic) bond motifs is 10. The number of rotatable bonds is 1. The molecule has 10 aliphatic rings. The van der Waals surface area contributed by atoms with Gasteiger partial charge in [0, 0.05) is 0 Å². The molecule has 78 valence electrons. The third kappa shape index (κ3) is 0.0381. The SMILES string of the molecule is C#C[C]12[CH]3[CH]4[CH]5[CH]1[Fe]45321678[CH]2[CH]1[CH]6[C]7(CC)[CH]28. The Morgan fingerprint density at radius 1 is 1.07 bits per heavy atom. The van der Waals surface area contributed by atoms with E-state index >= 15 is 0 Å². The fraction of sp³-hybridized carbons (Fsp3) is 0.857. The van der Waals surface area contributed by atoms with Crippen LogP contribution in [0.1, 0.15) is 13.3 Å². The summed E-state index contributed by atoms with van der Waals surface area (Å²) in [6.45, 7) is -0.424. The number of hydrogen-bond acceptors (Lipinski definition) is 0. The van der Waals surface area contributed by atoms with Gasteiger partial charge in [-0.05, 0) is 0 Å². The first kappa shape index (κ1) is 5.16. The summed E-state index contributed by atoms with van der Waals surface area (Å²) in [5.74, 6) is 3.51. The zero-order valence-corrected chi connectivity index (χ0v) is 9.86. The van der Waals surface area contributed by atoms with Gasteiger partial charge >= 0.3 is 79.4 Å². The van der Waals surface area contributed by atoms with Crippen molar-refractivity contribution in [3.8, 4) is 12.3 Å². The topological polar surface area (TPSA) is 0 Å². The van der Waals surface area contributed by atoms with Gasteiger partial charge in [0.2, 0.25) is 0 Å². The van der Waals surface area contributed by atoms with Crippen molar-refractivity contribution in [3.05, 3.63) is 0 Å². The maximum absolute atomic E-state index is 6.11. The second-order valence-corrected chi connectivity index (χ2v) is 33.7. The molecule has 10 rings (SSSR count). The summed E-state index contributed by atoms with van der Waals surface area (Å²) in [7, 11) is 0. The Morgan fingerprint density at radius 2 is 1.60 bits per heavy atom. The molecule has 0 aliphatic carbocycles. The monoisotopic (exact) mass is 238 g/mol. The third-order valence-electron chi connectivity index (χ3n) is 15.9. The molecule has 15 heavy (non-hydrogen) atoms. The van der Waals surface area contributed by atoms with E-state index in [0.29, 0.717) is 0 Å². The molecule has 10 saturated heterocycles. The molecule has 10 aliphatic heterocycles. The van der Waals surface area contributed by atoms with Gasteiger partial charge in [-0.1, -0.05) is 0 Å². The Morgan fingerprint density at radius 3 is 1.80 bits per heavy atom. The standard InChI is InChI=1S/C7H9.C7H5.Fe/c2*1-2-7-5-3-4-6-7;/h3-6H,2H2,1H3;1,3-6H;. The molecule has 10 heterocycles. The van der Waals surface area contributed by atoms with E-state index < -0.39 is 6.51 Å². The van der Waals surface area contributed by atoms with Crippen molar-refractivity contribution in [2.45, 2.75) is 60.5 Å². The minimum absolute atomic E-state index is 0.727. The van der Waals surface area contributed by atoms with Crippen molar-refractivity contribution < 1.29 is 6.51 Å². The molecule has 10 fully saturated rings. The second-order valence-electron chi connectivity index (χ2n) is 10.4. The van der Waals surface area contributed by atoms with E-state index in [0.717, 1.165) is 8.63 Å². The number of hydrogen-bond donors (Lipinski definition) is 0. The Kier molecular flexibility index (Phi) is 0.120. The van der Waals surface area contributed by atoms with Crippen LogP contribution >= 0.6 is 0 Å². The molecule has 0 amide bonds. The van der Waals surface area contributed by atoms with Crippen LogP contribution in [0.3, 0.4) is 0 Å². The van der Waals surface area contributed by atoms with Gasteiger partial charge in [0.1, 0.15) is 0 Å². The minimum atomic E-state index is -2.96. The van der Waals surface area contributed by atoms with Gasteiger partial charge in [0.15, 0.2) is 0 Å². The van der Waals surface area contributed by atoms with E-state index in [-0.39, 0.29) is 0 Å². The van der Waals surface area contributed by atoms with Gasteiger partial charge in [-0.15, -0.1) is 0 Å². The summed E-state index contributed by atoms with van der Waals surface area (Å²) in [5, 5.41) is 0. The van der Waals surface area contributed by atoms with Gasteiger partial charge in [0.25, 0.3) is 0 Å². The first-order valence-corrected chi connectivity index (χ1v) is 12.9. The maximum atomic E-state index is 6.11. The van der Waals surface area contributed by atoms with Gasteiger partial charge in [0.05, 0.1) is 0 Å². The van der Waals surface area contributed by atoms with Crippen molar-refractivity contribution in [1.82, 2.24) is 0 Å². The van der Waals surface area contributed by atoms with Crippen molar-refractivity contribution in [2.24, 2.45) is 0 Å². The summed E-state index contributed by atoms with van der Waals surface area (Å²) in [5.41, 5.74) is 0. The number of terminal acetylenes is 1. The molecular weight excluding hydrogens is 224 g/mol. The van der Waals surface area contributed by atoms with Crippen LogP contribution in [0.15, 0.2) is 0 Å². The van der Waals surface area contributed by atoms with Crippen LogP contribution in [-0.2, 0) is 6.51 Å². The summed E-state index contributed by atoms with van der Waals surface area (Å²) in [6, 6.07) is 0. The normalized spacial score (nSPS) is 138. The van der Waals surface area contributed by atoms with Crippen LogP contribution in [0.25, 0.3) is 0 Å². The van der Waals surface area contributed by atoms with Gasteiger partial charge < -0.3 is 0 Å². The molecule has 0 bridgehead atoms. The van der Waals surface area contributed by atoms with Crippen molar-refractivity contribution in [3.63, 3.8) is 0 Å². The zero-order valence-electron chi connectivity index (χ0n) is 8.76. The predicted octanol–water partition coefficient (Wildman–Crippen LogP) is 4.16. The van der Waals surface area contributed by atoms with E-state index in [2.05, 4.69) is 12.8 Å². The van der Waals surface area contributed by atoms with Gasteiger partial charge in [-0.3, -0.25) is 0 Å².